The van der Waals surface area contributed by atoms with Crippen LogP contribution in [0.2, 0.25) is 0 Å². The molecule has 0 fully saturated rings. The van der Waals surface area contributed by atoms with Crippen LogP contribution in [0, 0.1) is 0 Å². The van der Waals surface area contributed by atoms with Crippen molar-refractivity contribution in [2.75, 3.05) is 33.9 Å². The third kappa shape index (κ3) is 11.3. The van der Waals surface area contributed by atoms with Crippen molar-refractivity contribution in [3.8, 4) is 0 Å². The largest absolute Gasteiger partial charge is 0.383 e. The second-order valence-corrected chi connectivity index (χ2v) is 5.25. The number of ether oxygens (including phenoxy) is 2. The van der Waals surface area contributed by atoms with Crippen LogP contribution in [0.25, 0.3) is 0 Å². The van der Waals surface area contributed by atoms with Crippen LogP contribution in [-0.4, -0.2) is 45.9 Å². The SMILES string of the molecule is CN=C(NCCCCOCc1ccccc1)NC(C)COC.I. The normalized spacial score (nSPS) is 12.4. The van der Waals surface area contributed by atoms with Gasteiger partial charge in [-0.3, -0.25) is 4.99 Å². The number of aliphatic imine (C=N–C) groups is 1. The summed E-state index contributed by atoms with van der Waals surface area (Å²) in [6.07, 6.45) is 2.08. The third-order valence-electron chi connectivity index (χ3n) is 3.14. The summed E-state index contributed by atoms with van der Waals surface area (Å²) in [6, 6.07) is 10.5. The van der Waals surface area contributed by atoms with Crippen molar-refractivity contribution in [3.05, 3.63) is 35.9 Å². The van der Waals surface area contributed by atoms with Crippen LogP contribution >= 0.6 is 24.0 Å². The van der Waals surface area contributed by atoms with Gasteiger partial charge in [0.1, 0.15) is 0 Å². The summed E-state index contributed by atoms with van der Waals surface area (Å²) in [5.41, 5.74) is 1.22. The van der Waals surface area contributed by atoms with Gasteiger partial charge in [-0.2, -0.15) is 0 Å². The van der Waals surface area contributed by atoms with Gasteiger partial charge in [0.2, 0.25) is 0 Å². The number of benzene rings is 1. The lowest BCUT2D eigenvalue weighted by molar-refractivity contribution is 0.117. The molecular weight excluding hydrogens is 405 g/mol. The van der Waals surface area contributed by atoms with E-state index in [2.05, 4.69) is 34.7 Å². The quantitative estimate of drug-likeness (QED) is 0.257. The zero-order chi connectivity index (χ0) is 16.0. The lowest BCUT2D eigenvalue weighted by Gasteiger charge is -2.17. The molecule has 0 aliphatic rings. The Morgan fingerprint density at radius 1 is 1.22 bits per heavy atom. The maximum absolute atomic E-state index is 5.66. The summed E-state index contributed by atoms with van der Waals surface area (Å²) in [4.78, 5) is 4.19. The zero-order valence-electron chi connectivity index (χ0n) is 14.4. The maximum Gasteiger partial charge on any atom is 0.191 e. The van der Waals surface area contributed by atoms with E-state index in [1.165, 1.54) is 5.56 Å². The van der Waals surface area contributed by atoms with Gasteiger partial charge < -0.3 is 20.1 Å². The molecule has 0 amide bonds. The summed E-state index contributed by atoms with van der Waals surface area (Å²) in [6.45, 7) is 5.07. The van der Waals surface area contributed by atoms with Crippen LogP contribution in [-0.2, 0) is 16.1 Å². The summed E-state index contributed by atoms with van der Waals surface area (Å²) in [5, 5.41) is 6.57. The van der Waals surface area contributed by atoms with Crippen LogP contribution in [0.4, 0.5) is 0 Å². The number of hydrogen-bond acceptors (Lipinski definition) is 3. The predicted molar refractivity (Wildman–Crippen MR) is 107 cm³/mol. The smallest absolute Gasteiger partial charge is 0.191 e. The van der Waals surface area contributed by atoms with Gasteiger partial charge in [-0.05, 0) is 25.3 Å². The van der Waals surface area contributed by atoms with E-state index >= 15 is 0 Å². The van der Waals surface area contributed by atoms with Crippen LogP contribution in [0.5, 0.6) is 0 Å². The highest BCUT2D eigenvalue weighted by Crippen LogP contribution is 2.01. The van der Waals surface area contributed by atoms with Crippen LogP contribution in [0.15, 0.2) is 35.3 Å². The highest BCUT2D eigenvalue weighted by Gasteiger charge is 2.03. The Bertz CT molecular complexity index is 416. The number of guanidine groups is 1. The average molecular weight is 435 g/mol. The summed E-state index contributed by atoms with van der Waals surface area (Å²) >= 11 is 0. The van der Waals surface area contributed by atoms with Gasteiger partial charge in [0.05, 0.1) is 13.2 Å². The molecule has 2 N–H and O–H groups in total. The van der Waals surface area contributed by atoms with Gasteiger partial charge in [0, 0.05) is 33.4 Å². The van der Waals surface area contributed by atoms with Gasteiger partial charge in [-0.25, -0.2) is 0 Å². The Morgan fingerprint density at radius 3 is 2.61 bits per heavy atom. The van der Waals surface area contributed by atoms with E-state index in [1.54, 1.807) is 14.2 Å². The number of nitrogens with zero attached hydrogens (tertiary/aromatic N) is 1. The molecule has 6 heteroatoms. The number of unbranched alkanes of at least 4 members (excludes halogenated alkanes) is 1. The molecule has 0 heterocycles. The minimum Gasteiger partial charge on any atom is -0.383 e. The van der Waals surface area contributed by atoms with Gasteiger partial charge in [0.25, 0.3) is 0 Å². The molecule has 1 atom stereocenters. The standard InChI is InChI=1S/C17H29N3O2.HI/c1-15(13-21-3)20-17(18-2)19-11-7-8-12-22-14-16-9-5-4-6-10-16;/h4-6,9-10,15H,7-8,11-14H2,1-3H3,(H2,18,19,20);1H. The lowest BCUT2D eigenvalue weighted by Crippen LogP contribution is -2.44. The monoisotopic (exact) mass is 435 g/mol. The zero-order valence-corrected chi connectivity index (χ0v) is 16.7. The first-order valence-electron chi connectivity index (χ1n) is 7.84. The minimum atomic E-state index is 0. The molecule has 0 spiro atoms. The first-order chi connectivity index (χ1) is 10.8. The molecule has 0 aromatic heterocycles. The average Bonchev–Trinajstić information content (AvgIpc) is 2.54. The highest BCUT2D eigenvalue weighted by atomic mass is 127. The fraction of sp³-hybridized carbons (Fsp3) is 0.588. The maximum atomic E-state index is 5.66. The number of halogens is 1. The minimum absolute atomic E-state index is 0. The van der Waals surface area contributed by atoms with Gasteiger partial charge in [0.15, 0.2) is 5.96 Å². The third-order valence-corrected chi connectivity index (χ3v) is 3.14. The second kappa shape index (κ2) is 14.7. The van der Waals surface area contributed by atoms with Gasteiger partial charge in [-0.15, -0.1) is 24.0 Å². The molecule has 0 saturated carbocycles. The molecule has 0 radical (unpaired) electrons. The Balaban J connectivity index is 0.00000484. The molecular formula is C17H30IN3O2. The van der Waals surface area contributed by atoms with Crippen molar-refractivity contribution in [1.82, 2.24) is 10.6 Å². The van der Waals surface area contributed by atoms with Crippen LogP contribution in [0.3, 0.4) is 0 Å². The summed E-state index contributed by atoms with van der Waals surface area (Å²) in [5.74, 6) is 0.815. The molecule has 1 aromatic rings. The van der Waals surface area contributed by atoms with Crippen LogP contribution < -0.4 is 10.6 Å². The number of methoxy groups -OCH3 is 1. The van der Waals surface area contributed by atoms with Crippen molar-refractivity contribution in [2.45, 2.75) is 32.4 Å². The highest BCUT2D eigenvalue weighted by molar-refractivity contribution is 14.0. The molecule has 0 bridgehead atoms. The number of nitrogens with one attached hydrogen (secondary N) is 2. The predicted octanol–water partition coefficient (Wildman–Crippen LogP) is 2.80. The first-order valence-corrected chi connectivity index (χ1v) is 7.84. The second-order valence-electron chi connectivity index (χ2n) is 5.25. The Labute approximate surface area is 157 Å². The molecule has 0 saturated heterocycles. The van der Waals surface area contributed by atoms with Crippen LogP contribution in [0.1, 0.15) is 25.3 Å². The van der Waals surface area contributed by atoms with E-state index in [1.807, 2.05) is 18.2 Å². The fourth-order valence-electron chi connectivity index (χ4n) is 2.02. The Hall–Kier alpha value is -0.860. The Kier molecular flexibility index (Phi) is 14.2. The van der Waals surface area contributed by atoms with Crippen molar-refractivity contribution in [3.63, 3.8) is 0 Å². The van der Waals surface area contributed by atoms with E-state index in [9.17, 15) is 0 Å². The van der Waals surface area contributed by atoms with E-state index in [0.29, 0.717) is 13.2 Å². The van der Waals surface area contributed by atoms with Crippen molar-refractivity contribution in [1.29, 1.82) is 0 Å². The molecule has 1 rings (SSSR count). The summed E-state index contributed by atoms with van der Waals surface area (Å²) in [7, 11) is 3.47. The molecule has 132 valence electrons. The molecule has 0 aliphatic heterocycles. The van der Waals surface area contributed by atoms with E-state index in [0.717, 1.165) is 32.0 Å². The van der Waals surface area contributed by atoms with Crippen molar-refractivity contribution < 1.29 is 9.47 Å². The van der Waals surface area contributed by atoms with E-state index in [4.69, 9.17) is 9.47 Å². The molecule has 1 aromatic carbocycles. The molecule has 23 heavy (non-hydrogen) atoms. The summed E-state index contributed by atoms with van der Waals surface area (Å²) < 4.78 is 10.8. The van der Waals surface area contributed by atoms with Gasteiger partial charge in [-0.1, -0.05) is 30.3 Å². The van der Waals surface area contributed by atoms with Crippen molar-refractivity contribution >= 4 is 29.9 Å². The molecule has 1 unspecified atom stereocenters. The van der Waals surface area contributed by atoms with Gasteiger partial charge >= 0.3 is 0 Å². The van der Waals surface area contributed by atoms with E-state index < -0.39 is 0 Å². The molecule has 0 aliphatic carbocycles. The fourth-order valence-corrected chi connectivity index (χ4v) is 2.02. The number of rotatable bonds is 10. The topological polar surface area (TPSA) is 54.9 Å². The first kappa shape index (κ1) is 22.1. The van der Waals surface area contributed by atoms with Crippen molar-refractivity contribution in [2.24, 2.45) is 4.99 Å². The number of hydrogen-bond donors (Lipinski definition) is 2. The lowest BCUT2D eigenvalue weighted by atomic mass is 10.2. The van der Waals surface area contributed by atoms with E-state index in [-0.39, 0.29) is 30.0 Å². The molecule has 5 nitrogen and oxygen atoms in total. The Morgan fingerprint density at radius 2 is 1.96 bits per heavy atom.